The molecule has 0 aliphatic rings. The van der Waals surface area contributed by atoms with Crippen molar-refractivity contribution in [1.82, 2.24) is 9.36 Å². The number of anilines is 2. The van der Waals surface area contributed by atoms with Gasteiger partial charge in [-0.2, -0.15) is 4.37 Å². The summed E-state index contributed by atoms with van der Waals surface area (Å²) in [6, 6.07) is 10.0. The van der Waals surface area contributed by atoms with Gasteiger partial charge >= 0.3 is 0 Å². The van der Waals surface area contributed by atoms with Crippen molar-refractivity contribution in [3.05, 3.63) is 36.2 Å². The summed E-state index contributed by atoms with van der Waals surface area (Å²) >= 11 is 1.39. The molecule has 5 nitrogen and oxygen atoms in total. The Kier molecular flexibility index (Phi) is 4.68. The van der Waals surface area contributed by atoms with Gasteiger partial charge in [-0.1, -0.05) is 32.0 Å². The number of nitrogens with zero attached hydrogens (tertiary/aromatic N) is 3. The molecule has 0 aliphatic carbocycles. The van der Waals surface area contributed by atoms with Crippen molar-refractivity contribution in [2.45, 2.75) is 26.2 Å². The van der Waals surface area contributed by atoms with Gasteiger partial charge in [0.05, 0.1) is 5.84 Å². The Balaban J connectivity index is 2.27. The van der Waals surface area contributed by atoms with Gasteiger partial charge < -0.3 is 10.6 Å². The van der Waals surface area contributed by atoms with Crippen LogP contribution in [0.15, 0.2) is 30.3 Å². The van der Waals surface area contributed by atoms with Crippen molar-refractivity contribution in [2.75, 3.05) is 11.4 Å². The summed E-state index contributed by atoms with van der Waals surface area (Å²) in [4.78, 5) is 6.65. The lowest BCUT2D eigenvalue weighted by Gasteiger charge is -2.21. The Morgan fingerprint density at radius 3 is 2.60 bits per heavy atom. The number of nitrogens with one attached hydrogen (secondary N) is 1. The molecule has 0 saturated heterocycles. The first-order valence-electron chi connectivity index (χ1n) is 6.57. The van der Waals surface area contributed by atoms with Crippen LogP contribution in [0.3, 0.4) is 0 Å². The first-order chi connectivity index (χ1) is 9.58. The number of rotatable bonds is 6. The standard InChI is InChI=1S/C14H19N5S/c1-10(2)13-17-14(20-18-13)19(9-8-12(15)16)11-6-4-3-5-7-11/h3-7,10H,8-9H2,1-2H3,(H3,15,16). The molecule has 2 aromatic rings. The van der Waals surface area contributed by atoms with Gasteiger partial charge in [0.25, 0.3) is 0 Å². The summed E-state index contributed by atoms with van der Waals surface area (Å²) in [6.07, 6.45) is 0.505. The first kappa shape index (κ1) is 14.5. The number of para-hydroxylation sites is 1. The molecule has 1 aromatic carbocycles. The van der Waals surface area contributed by atoms with Gasteiger partial charge in [-0.25, -0.2) is 4.98 Å². The van der Waals surface area contributed by atoms with Gasteiger partial charge in [-0.15, -0.1) is 0 Å². The Labute approximate surface area is 123 Å². The average molecular weight is 289 g/mol. The third-order valence-electron chi connectivity index (χ3n) is 2.85. The summed E-state index contributed by atoms with van der Waals surface area (Å²) < 4.78 is 4.39. The SMILES string of the molecule is CC(C)c1nsc(N(CCC(=N)N)c2ccccc2)n1. The summed E-state index contributed by atoms with van der Waals surface area (Å²) in [6.45, 7) is 4.79. The molecular weight excluding hydrogens is 270 g/mol. The van der Waals surface area contributed by atoms with Crippen molar-refractivity contribution in [3.8, 4) is 0 Å². The Hall–Kier alpha value is -1.95. The second-order valence-electron chi connectivity index (χ2n) is 4.85. The van der Waals surface area contributed by atoms with Crippen molar-refractivity contribution in [1.29, 1.82) is 5.41 Å². The maximum Gasteiger partial charge on any atom is 0.209 e. The Morgan fingerprint density at radius 1 is 1.35 bits per heavy atom. The molecule has 0 unspecified atom stereocenters. The normalized spacial score (nSPS) is 10.8. The highest BCUT2D eigenvalue weighted by Gasteiger charge is 2.16. The van der Waals surface area contributed by atoms with E-state index in [0.29, 0.717) is 18.9 Å². The summed E-state index contributed by atoms with van der Waals surface area (Å²) in [5, 5.41) is 8.25. The number of nitrogens with two attached hydrogens (primary N) is 1. The number of benzene rings is 1. The van der Waals surface area contributed by atoms with Gasteiger partial charge in [-0.05, 0) is 12.1 Å². The highest BCUT2D eigenvalue weighted by molar-refractivity contribution is 7.09. The maximum absolute atomic E-state index is 7.40. The smallest absolute Gasteiger partial charge is 0.209 e. The van der Waals surface area contributed by atoms with E-state index in [9.17, 15) is 0 Å². The molecule has 1 aromatic heterocycles. The van der Waals surface area contributed by atoms with Gasteiger partial charge in [0.1, 0.15) is 5.82 Å². The molecule has 2 rings (SSSR count). The molecule has 0 saturated carbocycles. The Bertz CT molecular complexity index is 564. The van der Waals surface area contributed by atoms with E-state index in [1.165, 1.54) is 11.5 Å². The number of hydrogen-bond donors (Lipinski definition) is 2. The summed E-state index contributed by atoms with van der Waals surface area (Å²) in [5.74, 6) is 1.35. The topological polar surface area (TPSA) is 78.9 Å². The molecule has 1 heterocycles. The maximum atomic E-state index is 7.40. The van der Waals surface area contributed by atoms with Crippen LogP contribution in [0.4, 0.5) is 10.8 Å². The first-order valence-corrected chi connectivity index (χ1v) is 7.34. The van der Waals surface area contributed by atoms with Crippen molar-refractivity contribution >= 4 is 28.2 Å². The van der Waals surface area contributed by atoms with Crippen LogP contribution < -0.4 is 10.6 Å². The second-order valence-corrected chi connectivity index (χ2v) is 5.58. The highest BCUT2D eigenvalue weighted by Crippen LogP contribution is 2.28. The minimum absolute atomic E-state index is 0.180. The monoisotopic (exact) mass is 289 g/mol. The van der Waals surface area contributed by atoms with Gasteiger partial charge in [0.15, 0.2) is 0 Å². The number of hydrogen-bond acceptors (Lipinski definition) is 5. The van der Waals surface area contributed by atoms with Crippen LogP contribution in [-0.4, -0.2) is 21.7 Å². The fourth-order valence-corrected chi connectivity index (χ4v) is 2.60. The van der Waals surface area contributed by atoms with E-state index in [4.69, 9.17) is 11.1 Å². The summed E-state index contributed by atoms with van der Waals surface area (Å²) in [5.41, 5.74) is 6.52. The lowest BCUT2D eigenvalue weighted by molar-refractivity contribution is 0.795. The zero-order valence-corrected chi connectivity index (χ0v) is 12.5. The van der Waals surface area contributed by atoms with E-state index < -0.39 is 0 Å². The van der Waals surface area contributed by atoms with E-state index in [-0.39, 0.29) is 5.84 Å². The predicted molar refractivity (Wildman–Crippen MR) is 84.0 cm³/mol. The van der Waals surface area contributed by atoms with E-state index in [2.05, 4.69) is 28.1 Å². The van der Waals surface area contributed by atoms with Crippen molar-refractivity contribution in [2.24, 2.45) is 5.73 Å². The molecule has 0 amide bonds. The molecule has 20 heavy (non-hydrogen) atoms. The summed E-state index contributed by atoms with van der Waals surface area (Å²) in [7, 11) is 0. The zero-order valence-electron chi connectivity index (χ0n) is 11.7. The number of amidine groups is 1. The molecule has 6 heteroatoms. The zero-order chi connectivity index (χ0) is 14.5. The molecule has 0 fully saturated rings. The largest absolute Gasteiger partial charge is 0.388 e. The number of aromatic nitrogens is 2. The molecule has 0 aliphatic heterocycles. The van der Waals surface area contributed by atoms with E-state index in [0.717, 1.165) is 16.6 Å². The fourth-order valence-electron chi connectivity index (χ4n) is 1.75. The molecule has 0 bridgehead atoms. The van der Waals surface area contributed by atoms with Crippen molar-refractivity contribution in [3.63, 3.8) is 0 Å². The molecule has 0 radical (unpaired) electrons. The van der Waals surface area contributed by atoms with Crippen LogP contribution in [-0.2, 0) is 0 Å². The van der Waals surface area contributed by atoms with E-state index in [1.807, 2.05) is 30.3 Å². The molecule has 106 valence electrons. The van der Waals surface area contributed by atoms with Crippen molar-refractivity contribution < 1.29 is 0 Å². The van der Waals surface area contributed by atoms with Crippen LogP contribution in [0.1, 0.15) is 32.0 Å². The van der Waals surface area contributed by atoms with E-state index in [1.54, 1.807) is 0 Å². The minimum atomic E-state index is 0.180. The van der Waals surface area contributed by atoms with E-state index >= 15 is 0 Å². The van der Waals surface area contributed by atoms with Crippen LogP contribution in [0, 0.1) is 5.41 Å². The van der Waals surface area contributed by atoms with Crippen LogP contribution in [0.5, 0.6) is 0 Å². The quantitative estimate of drug-likeness (QED) is 0.632. The minimum Gasteiger partial charge on any atom is -0.388 e. The van der Waals surface area contributed by atoms with Crippen LogP contribution in [0.25, 0.3) is 0 Å². The molecular formula is C14H19N5S. The van der Waals surface area contributed by atoms with Crippen LogP contribution >= 0.6 is 11.5 Å². The lowest BCUT2D eigenvalue weighted by atomic mass is 10.2. The lowest BCUT2D eigenvalue weighted by Crippen LogP contribution is -2.23. The van der Waals surface area contributed by atoms with Crippen LogP contribution in [0.2, 0.25) is 0 Å². The second kappa shape index (κ2) is 6.47. The highest BCUT2D eigenvalue weighted by atomic mass is 32.1. The van der Waals surface area contributed by atoms with Gasteiger partial charge in [-0.3, -0.25) is 5.41 Å². The third kappa shape index (κ3) is 3.54. The molecule has 0 spiro atoms. The molecule has 3 N–H and O–H groups in total. The predicted octanol–water partition coefficient (Wildman–Crippen LogP) is 3.13. The van der Waals surface area contributed by atoms with Gasteiger partial charge in [0, 0.05) is 36.1 Å². The molecule has 0 atom stereocenters. The third-order valence-corrected chi connectivity index (χ3v) is 3.60. The van der Waals surface area contributed by atoms with Gasteiger partial charge in [0.2, 0.25) is 5.13 Å². The average Bonchev–Trinajstić information content (AvgIpc) is 2.90. The fraction of sp³-hybridized carbons (Fsp3) is 0.357. The Morgan fingerprint density at radius 2 is 2.05 bits per heavy atom.